The number of halogens is 3. The fourth-order valence-corrected chi connectivity index (χ4v) is 2.70. The van der Waals surface area contributed by atoms with E-state index in [9.17, 15) is 18.0 Å². The van der Waals surface area contributed by atoms with Gasteiger partial charge >= 0.3 is 12.3 Å². The molecule has 0 aromatic carbocycles. The molecule has 1 aliphatic carbocycles. The molecule has 0 spiro atoms. The van der Waals surface area contributed by atoms with Crippen molar-refractivity contribution in [3.05, 3.63) is 11.6 Å². The highest BCUT2D eigenvalue weighted by Crippen LogP contribution is 2.35. The second kappa shape index (κ2) is 5.29. The smallest absolute Gasteiger partial charge is 0.451 e. The largest absolute Gasteiger partial charge is 0.465 e. The predicted molar refractivity (Wildman–Crippen MR) is 62.2 cm³/mol. The number of hydrogen-bond acceptors (Lipinski definition) is 3. The van der Waals surface area contributed by atoms with Gasteiger partial charge in [-0.3, -0.25) is 0 Å². The number of amides is 1. The number of nitrogens with zero attached hydrogens (tertiary/aromatic N) is 3. The van der Waals surface area contributed by atoms with Crippen LogP contribution in [0.1, 0.15) is 43.4 Å². The lowest BCUT2D eigenvalue weighted by Gasteiger charge is -2.31. The van der Waals surface area contributed by atoms with Gasteiger partial charge in [0.1, 0.15) is 5.82 Å². The van der Waals surface area contributed by atoms with E-state index in [4.69, 9.17) is 5.11 Å². The van der Waals surface area contributed by atoms with Gasteiger partial charge in [0.2, 0.25) is 5.82 Å². The summed E-state index contributed by atoms with van der Waals surface area (Å²) >= 11 is 0. The highest BCUT2D eigenvalue weighted by atomic mass is 19.4. The average Bonchev–Trinajstić information content (AvgIpc) is 2.70. The monoisotopic (exact) mass is 292 g/mol. The first-order valence-corrected chi connectivity index (χ1v) is 6.27. The quantitative estimate of drug-likeness (QED) is 0.877. The standard InChI is InChI=1S/C11H15F3N4O2/c1-6-16-17-9(11(12,13)14)18(6)8-4-2-3-7(5-8)15-10(19)20/h7-8,15H,2-5H2,1H3,(H,19,20)/t7-,8+/m0/s1. The van der Waals surface area contributed by atoms with E-state index in [1.165, 1.54) is 6.92 Å². The van der Waals surface area contributed by atoms with Crippen molar-refractivity contribution in [2.45, 2.75) is 50.9 Å². The lowest BCUT2D eigenvalue weighted by molar-refractivity contribution is -0.148. The number of carbonyl (C=O) groups is 1. The van der Waals surface area contributed by atoms with E-state index >= 15 is 0 Å². The van der Waals surface area contributed by atoms with E-state index in [0.29, 0.717) is 25.7 Å². The highest BCUT2D eigenvalue weighted by Gasteiger charge is 2.40. The zero-order valence-electron chi connectivity index (χ0n) is 10.8. The van der Waals surface area contributed by atoms with Crippen LogP contribution in [0.3, 0.4) is 0 Å². The summed E-state index contributed by atoms with van der Waals surface area (Å²) in [6.45, 7) is 1.47. The number of carboxylic acid groups (broad SMARTS) is 1. The van der Waals surface area contributed by atoms with Crippen molar-refractivity contribution < 1.29 is 23.1 Å². The van der Waals surface area contributed by atoms with E-state index in [-0.39, 0.29) is 11.9 Å². The average molecular weight is 292 g/mol. The molecule has 112 valence electrons. The Morgan fingerprint density at radius 2 is 2.10 bits per heavy atom. The summed E-state index contributed by atoms with van der Waals surface area (Å²) in [6.07, 6.45) is -3.56. The zero-order valence-corrected chi connectivity index (χ0v) is 10.8. The molecule has 1 aromatic heterocycles. The van der Waals surface area contributed by atoms with Crippen LogP contribution in [-0.4, -0.2) is 32.0 Å². The van der Waals surface area contributed by atoms with E-state index < -0.39 is 24.1 Å². The Labute approximate surface area is 113 Å². The fourth-order valence-electron chi connectivity index (χ4n) is 2.70. The molecule has 2 rings (SSSR count). The first kappa shape index (κ1) is 14.6. The number of hydrogen-bond donors (Lipinski definition) is 2. The number of alkyl halides is 3. The topological polar surface area (TPSA) is 80.0 Å². The van der Waals surface area contributed by atoms with Gasteiger partial charge in [0, 0.05) is 12.1 Å². The van der Waals surface area contributed by atoms with Crippen LogP contribution in [-0.2, 0) is 6.18 Å². The van der Waals surface area contributed by atoms with Crippen molar-refractivity contribution in [1.82, 2.24) is 20.1 Å². The molecule has 1 fully saturated rings. The Morgan fingerprint density at radius 1 is 1.40 bits per heavy atom. The van der Waals surface area contributed by atoms with Crippen LogP contribution in [0.4, 0.5) is 18.0 Å². The van der Waals surface area contributed by atoms with Crippen molar-refractivity contribution in [1.29, 1.82) is 0 Å². The van der Waals surface area contributed by atoms with Crippen molar-refractivity contribution in [2.24, 2.45) is 0 Å². The minimum absolute atomic E-state index is 0.193. The summed E-state index contributed by atoms with van der Waals surface area (Å²) in [7, 11) is 0. The first-order valence-electron chi connectivity index (χ1n) is 6.27. The number of aromatic nitrogens is 3. The van der Waals surface area contributed by atoms with Crippen molar-refractivity contribution in [3.63, 3.8) is 0 Å². The summed E-state index contributed by atoms with van der Waals surface area (Å²) in [5.74, 6) is -0.825. The molecule has 1 amide bonds. The second-order valence-corrected chi connectivity index (χ2v) is 4.91. The third-order valence-corrected chi connectivity index (χ3v) is 3.46. The maximum atomic E-state index is 12.9. The SMILES string of the molecule is Cc1nnc(C(F)(F)F)n1[C@@H]1CCC[C@H](NC(=O)O)C1. The fraction of sp³-hybridized carbons (Fsp3) is 0.727. The Kier molecular flexibility index (Phi) is 3.87. The van der Waals surface area contributed by atoms with E-state index in [1.807, 2.05) is 0 Å². The molecule has 9 heteroatoms. The Balaban J connectivity index is 2.23. The lowest BCUT2D eigenvalue weighted by atomic mass is 9.90. The van der Waals surface area contributed by atoms with Crippen LogP contribution in [0, 0.1) is 6.92 Å². The van der Waals surface area contributed by atoms with E-state index in [1.54, 1.807) is 0 Å². The van der Waals surface area contributed by atoms with Gasteiger partial charge in [-0.05, 0) is 32.6 Å². The van der Waals surface area contributed by atoms with E-state index in [2.05, 4.69) is 15.5 Å². The molecule has 2 atom stereocenters. The molecule has 0 aliphatic heterocycles. The summed E-state index contributed by atoms with van der Waals surface area (Å²) in [5.41, 5.74) is 0. The van der Waals surface area contributed by atoms with Crippen LogP contribution in [0.5, 0.6) is 0 Å². The highest BCUT2D eigenvalue weighted by molar-refractivity contribution is 5.64. The van der Waals surface area contributed by atoms with Crippen LogP contribution in [0.15, 0.2) is 0 Å². The van der Waals surface area contributed by atoms with Gasteiger partial charge in [-0.1, -0.05) is 0 Å². The predicted octanol–water partition coefficient (Wildman–Crippen LogP) is 2.36. The van der Waals surface area contributed by atoms with E-state index in [0.717, 1.165) is 4.57 Å². The van der Waals surface area contributed by atoms with Crippen LogP contribution < -0.4 is 5.32 Å². The third-order valence-electron chi connectivity index (χ3n) is 3.46. The Hall–Kier alpha value is -1.80. The maximum absolute atomic E-state index is 12.9. The number of rotatable bonds is 2. The third kappa shape index (κ3) is 3.02. The summed E-state index contributed by atoms with van der Waals surface area (Å²) in [4.78, 5) is 10.6. The molecular formula is C11H15F3N4O2. The Morgan fingerprint density at radius 3 is 2.70 bits per heavy atom. The van der Waals surface area contributed by atoms with Gasteiger partial charge in [0.25, 0.3) is 0 Å². The lowest BCUT2D eigenvalue weighted by Crippen LogP contribution is -2.38. The number of aryl methyl sites for hydroxylation is 1. The van der Waals surface area contributed by atoms with Crippen LogP contribution in [0.2, 0.25) is 0 Å². The van der Waals surface area contributed by atoms with Gasteiger partial charge in [-0.15, -0.1) is 10.2 Å². The molecule has 1 aliphatic rings. The normalized spacial score (nSPS) is 23.6. The molecule has 6 nitrogen and oxygen atoms in total. The summed E-state index contributed by atoms with van der Waals surface area (Å²) in [5, 5.41) is 17.7. The molecule has 20 heavy (non-hydrogen) atoms. The van der Waals surface area contributed by atoms with Gasteiger partial charge in [-0.25, -0.2) is 4.79 Å². The molecule has 1 heterocycles. The molecular weight excluding hydrogens is 277 g/mol. The van der Waals surface area contributed by atoms with Gasteiger partial charge in [0.15, 0.2) is 0 Å². The molecule has 2 N–H and O–H groups in total. The zero-order chi connectivity index (χ0) is 14.9. The molecule has 0 unspecified atom stereocenters. The minimum Gasteiger partial charge on any atom is -0.465 e. The molecule has 1 saturated carbocycles. The summed E-state index contributed by atoms with van der Waals surface area (Å²) < 4.78 is 39.8. The van der Waals surface area contributed by atoms with Crippen LogP contribution in [0.25, 0.3) is 0 Å². The van der Waals surface area contributed by atoms with Crippen molar-refractivity contribution in [2.75, 3.05) is 0 Å². The minimum atomic E-state index is -4.56. The molecule has 1 aromatic rings. The molecule has 0 saturated heterocycles. The van der Waals surface area contributed by atoms with Crippen molar-refractivity contribution in [3.8, 4) is 0 Å². The second-order valence-electron chi connectivity index (χ2n) is 4.91. The van der Waals surface area contributed by atoms with Gasteiger partial charge in [-0.2, -0.15) is 13.2 Å². The molecule has 0 bridgehead atoms. The maximum Gasteiger partial charge on any atom is 0.451 e. The number of nitrogens with one attached hydrogen (secondary N) is 1. The van der Waals surface area contributed by atoms with Gasteiger partial charge in [0.05, 0.1) is 0 Å². The Bertz CT molecular complexity index is 500. The van der Waals surface area contributed by atoms with Gasteiger partial charge < -0.3 is 15.0 Å². The van der Waals surface area contributed by atoms with Crippen LogP contribution >= 0.6 is 0 Å². The molecule has 0 radical (unpaired) electrons. The van der Waals surface area contributed by atoms with Crippen molar-refractivity contribution >= 4 is 6.09 Å². The summed E-state index contributed by atoms with van der Waals surface area (Å²) in [6, 6.07) is -0.777. The first-order chi connectivity index (χ1) is 9.29.